The molecule has 0 N–H and O–H groups in total. The second-order valence-electron chi connectivity index (χ2n) is 11.1. The van der Waals surface area contributed by atoms with Crippen molar-refractivity contribution in [1.82, 2.24) is 14.7 Å². The van der Waals surface area contributed by atoms with E-state index < -0.39 is 0 Å². The molecule has 0 saturated heterocycles. The first-order chi connectivity index (χ1) is 21.3. The fourth-order valence-corrected chi connectivity index (χ4v) is 8.06. The van der Waals surface area contributed by atoms with Gasteiger partial charge in [0, 0.05) is 42.3 Å². The average Bonchev–Trinajstić information content (AvgIpc) is 3.05. The van der Waals surface area contributed by atoms with Crippen molar-refractivity contribution in [1.29, 1.82) is 0 Å². The molecule has 240 valence electrons. The molecule has 0 spiro atoms. The van der Waals surface area contributed by atoms with Gasteiger partial charge < -0.3 is 28.9 Å². The average molecular weight is 718 g/mol. The van der Waals surface area contributed by atoms with Crippen LogP contribution < -0.4 is 14.2 Å². The molecular weight excluding hydrogens is 679 g/mol. The van der Waals surface area contributed by atoms with Gasteiger partial charge in [-0.1, -0.05) is 71.9 Å². The summed E-state index contributed by atoms with van der Waals surface area (Å²) in [5.41, 5.74) is 7.24. The highest BCUT2D eigenvalue weighted by atomic mass is 32.2. The smallest absolute Gasteiger partial charge is 0.140 e. The van der Waals surface area contributed by atoms with Gasteiger partial charge in [-0.3, -0.25) is 0 Å². The molecule has 12 heteroatoms. The van der Waals surface area contributed by atoms with E-state index in [9.17, 15) is 0 Å². The lowest BCUT2D eigenvalue weighted by atomic mass is 9.94. The summed E-state index contributed by atoms with van der Waals surface area (Å²) in [4.78, 5) is 8.82. The molecule has 0 saturated carbocycles. The highest BCUT2D eigenvalue weighted by Gasteiger charge is 2.23. The Kier molecular flexibility index (Phi) is 12.3. The molecule has 0 radical (unpaired) electrons. The molecule has 0 aliphatic heterocycles. The fraction of sp³-hybridized carbons (Fsp3) is 0.364. The van der Waals surface area contributed by atoms with Gasteiger partial charge in [0.25, 0.3) is 0 Å². The van der Waals surface area contributed by atoms with Crippen LogP contribution in [-0.4, -0.2) is 91.3 Å². The lowest BCUT2D eigenvalue weighted by Gasteiger charge is -2.19. The van der Waals surface area contributed by atoms with Crippen molar-refractivity contribution < 1.29 is 14.2 Å². The zero-order valence-corrected chi connectivity index (χ0v) is 32.0. The van der Waals surface area contributed by atoms with Crippen LogP contribution in [0.4, 0.5) is 0 Å². The molecule has 0 heterocycles. The second-order valence-corrected chi connectivity index (χ2v) is 16.2. The van der Waals surface area contributed by atoms with E-state index in [-0.39, 0.29) is 0 Å². The van der Waals surface area contributed by atoms with Gasteiger partial charge in [-0.15, -0.1) is 0 Å². The Morgan fingerprint density at radius 1 is 0.467 bits per heavy atom. The first kappa shape index (κ1) is 35.6. The lowest BCUT2D eigenvalue weighted by molar-refractivity contribution is 0.403. The van der Waals surface area contributed by atoms with Gasteiger partial charge >= 0.3 is 0 Å². The van der Waals surface area contributed by atoms with E-state index in [1.807, 2.05) is 57.0 Å². The van der Waals surface area contributed by atoms with Crippen molar-refractivity contribution in [2.24, 2.45) is 0 Å². The van der Waals surface area contributed by atoms with Gasteiger partial charge in [-0.25, -0.2) is 0 Å². The van der Waals surface area contributed by atoms with E-state index in [0.29, 0.717) is 0 Å². The molecule has 1 aliphatic carbocycles. The highest BCUT2D eigenvalue weighted by Crippen LogP contribution is 2.42. The number of benzene rings is 3. The number of hydrogen-bond acceptors (Lipinski definition) is 9. The van der Waals surface area contributed by atoms with E-state index in [0.717, 1.165) is 64.2 Å². The molecule has 0 atom stereocenters. The number of thioether (sulfide) groups is 3. The number of rotatable bonds is 6. The van der Waals surface area contributed by atoms with Gasteiger partial charge in [0.15, 0.2) is 0 Å². The van der Waals surface area contributed by atoms with Crippen molar-refractivity contribution in [3.63, 3.8) is 0 Å². The minimum Gasteiger partial charge on any atom is -0.496 e. The quantitative estimate of drug-likeness (QED) is 0.146. The molecule has 0 bridgehead atoms. The fourth-order valence-electron chi connectivity index (χ4n) is 4.81. The number of ether oxygens (including phenoxy) is 3. The molecule has 4 rings (SSSR count). The summed E-state index contributed by atoms with van der Waals surface area (Å²) in [6.45, 7) is 0. The molecule has 1 aliphatic rings. The molecule has 3 aromatic carbocycles. The third-order valence-corrected chi connectivity index (χ3v) is 12.4. The third-order valence-electron chi connectivity index (χ3n) is 7.29. The summed E-state index contributed by atoms with van der Waals surface area (Å²) in [5.74, 6) is 2.42. The van der Waals surface area contributed by atoms with Crippen molar-refractivity contribution in [2.75, 3.05) is 63.6 Å². The van der Waals surface area contributed by atoms with Crippen LogP contribution in [0.3, 0.4) is 0 Å². The maximum Gasteiger partial charge on any atom is 0.140 e. The second kappa shape index (κ2) is 15.6. The first-order valence-electron chi connectivity index (χ1n) is 14.1. The summed E-state index contributed by atoms with van der Waals surface area (Å²) in [7, 11) is 16.9. The van der Waals surface area contributed by atoms with Crippen LogP contribution in [0.5, 0.6) is 17.2 Å². The molecule has 0 aromatic heterocycles. The van der Waals surface area contributed by atoms with E-state index in [4.69, 9.17) is 50.9 Å². The summed E-state index contributed by atoms with van der Waals surface area (Å²) in [6, 6.07) is 13.2. The Hall–Kier alpha value is -2.22. The van der Waals surface area contributed by atoms with Crippen molar-refractivity contribution in [3.05, 3.63) is 69.8 Å². The van der Waals surface area contributed by atoms with Crippen LogP contribution in [0.1, 0.15) is 33.4 Å². The Morgan fingerprint density at radius 3 is 0.889 bits per heavy atom. The first-order valence-corrected chi connectivity index (χ1v) is 17.8. The number of thiocarbonyl (C=S) groups is 3. The Balaban J connectivity index is 1.96. The van der Waals surface area contributed by atoms with E-state index in [1.54, 1.807) is 56.6 Å². The van der Waals surface area contributed by atoms with Gasteiger partial charge in [0.1, 0.15) is 30.2 Å². The van der Waals surface area contributed by atoms with Gasteiger partial charge in [0.2, 0.25) is 0 Å². The number of nitrogens with zero attached hydrogens (tertiary/aromatic N) is 3. The molecule has 6 nitrogen and oxygen atoms in total. The highest BCUT2D eigenvalue weighted by molar-refractivity contribution is 8.23. The Labute approximate surface area is 296 Å². The topological polar surface area (TPSA) is 37.4 Å². The monoisotopic (exact) mass is 717 g/mol. The zero-order chi connectivity index (χ0) is 33.0. The van der Waals surface area contributed by atoms with E-state index in [2.05, 4.69) is 36.4 Å². The maximum absolute atomic E-state index is 5.92. The lowest BCUT2D eigenvalue weighted by Crippen LogP contribution is -2.16. The number of methoxy groups -OCH3 is 3. The van der Waals surface area contributed by atoms with Crippen molar-refractivity contribution in [3.8, 4) is 17.2 Å². The van der Waals surface area contributed by atoms with Crippen LogP contribution in [0.2, 0.25) is 0 Å². The molecule has 0 fully saturated rings. The Morgan fingerprint density at radius 2 is 0.689 bits per heavy atom. The summed E-state index contributed by atoms with van der Waals surface area (Å²) in [6.07, 6.45) is 2.19. The summed E-state index contributed by atoms with van der Waals surface area (Å²) >= 11 is 21.6. The SMILES string of the molecule is COc1cc2c(cc1SC(=S)N(C)C)Cc1cc(OC)c(SC(=S)N(C)C)cc1Cc1cc(OC)c(SC(=S)N(C)C)cc1C2. The van der Waals surface area contributed by atoms with Crippen LogP contribution in [0.25, 0.3) is 0 Å². The molecule has 0 unspecified atom stereocenters. The maximum atomic E-state index is 5.92. The summed E-state index contributed by atoms with van der Waals surface area (Å²) in [5, 5.41) is 0. The summed E-state index contributed by atoms with van der Waals surface area (Å²) < 4.78 is 20.1. The third kappa shape index (κ3) is 8.58. The van der Waals surface area contributed by atoms with Gasteiger partial charge in [-0.05, 0) is 89.0 Å². The van der Waals surface area contributed by atoms with Crippen LogP contribution >= 0.6 is 71.9 Å². The molecule has 45 heavy (non-hydrogen) atoms. The zero-order valence-electron chi connectivity index (χ0n) is 27.1. The molecular formula is C33H39N3O3S6. The van der Waals surface area contributed by atoms with Crippen LogP contribution in [-0.2, 0) is 19.3 Å². The van der Waals surface area contributed by atoms with Crippen LogP contribution in [0.15, 0.2) is 51.1 Å². The Bertz CT molecular complexity index is 1430. The number of fused-ring (bicyclic) bond motifs is 3. The predicted molar refractivity (Wildman–Crippen MR) is 204 cm³/mol. The minimum absolute atomic E-state index is 0.730. The van der Waals surface area contributed by atoms with Gasteiger partial charge in [-0.2, -0.15) is 0 Å². The molecule has 3 aromatic rings. The van der Waals surface area contributed by atoms with E-state index in [1.165, 1.54) is 33.4 Å². The van der Waals surface area contributed by atoms with Crippen molar-refractivity contribution in [2.45, 2.75) is 33.9 Å². The normalized spacial score (nSPS) is 11.9. The van der Waals surface area contributed by atoms with Gasteiger partial charge in [0.05, 0.1) is 36.0 Å². The standard InChI is InChI=1S/C33H39N3O3S6/c1-34(2)31(40)43-28-16-22-10-20-14-26(38-8)30(45-33(42)36(5)6)18-24(20)12-21-15-27(39-9)29(44-32(41)35(3)4)17-23(21)11-19(22)13-25(28)37-7/h13-18H,10-12H2,1-9H3. The predicted octanol–water partition coefficient (Wildman–Crippen LogP) is 7.61. The van der Waals surface area contributed by atoms with E-state index >= 15 is 0 Å². The largest absolute Gasteiger partial charge is 0.496 e. The van der Waals surface area contributed by atoms with Crippen molar-refractivity contribution >= 4 is 84.9 Å². The van der Waals surface area contributed by atoms with Crippen LogP contribution in [0, 0.1) is 0 Å². The minimum atomic E-state index is 0.730. The number of hydrogen-bond donors (Lipinski definition) is 0. The molecule has 0 amide bonds.